The van der Waals surface area contributed by atoms with Crippen molar-refractivity contribution >= 4 is 5.95 Å². The van der Waals surface area contributed by atoms with E-state index in [9.17, 15) is 0 Å². The van der Waals surface area contributed by atoms with Crippen LogP contribution in [0.5, 0.6) is 0 Å². The summed E-state index contributed by atoms with van der Waals surface area (Å²) in [6.45, 7) is 7.57. The Hall–Kier alpha value is -2.73. The Bertz CT molecular complexity index is 885. The quantitative estimate of drug-likeness (QED) is 0.508. The van der Waals surface area contributed by atoms with Gasteiger partial charge in [0, 0.05) is 44.3 Å². The third kappa shape index (κ3) is 5.25. The second-order valence-electron chi connectivity index (χ2n) is 7.96. The minimum absolute atomic E-state index is 0.856. The number of aromatic nitrogens is 4. The van der Waals surface area contributed by atoms with Gasteiger partial charge in [-0.1, -0.05) is 31.5 Å². The molecular weight excluding hydrogens is 372 g/mol. The van der Waals surface area contributed by atoms with Crippen molar-refractivity contribution < 1.29 is 0 Å². The highest BCUT2D eigenvalue weighted by molar-refractivity contribution is 5.33. The second-order valence-corrected chi connectivity index (χ2v) is 7.96. The smallest absolute Gasteiger partial charge is 0.225 e. The monoisotopic (exact) mass is 404 g/mol. The van der Waals surface area contributed by atoms with Crippen LogP contribution in [0.25, 0.3) is 5.69 Å². The summed E-state index contributed by atoms with van der Waals surface area (Å²) in [5.74, 6) is 0.856. The largest absolute Gasteiger partial charge is 0.338 e. The maximum atomic E-state index is 4.91. The topological polar surface area (TPSA) is 50.1 Å². The van der Waals surface area contributed by atoms with E-state index in [4.69, 9.17) is 5.10 Å². The lowest BCUT2D eigenvalue weighted by Crippen LogP contribution is -2.47. The minimum Gasteiger partial charge on any atom is -0.338 e. The Morgan fingerprint density at radius 1 is 0.867 bits per heavy atom. The number of para-hydroxylation sites is 1. The van der Waals surface area contributed by atoms with Crippen LogP contribution in [-0.4, -0.2) is 57.4 Å². The lowest BCUT2D eigenvalue weighted by molar-refractivity contribution is 0.252. The molecule has 158 valence electrons. The first kappa shape index (κ1) is 20.5. The van der Waals surface area contributed by atoms with Crippen LogP contribution >= 0.6 is 0 Å². The zero-order valence-electron chi connectivity index (χ0n) is 18.0. The standard InChI is InChI=1S/C24H32N6/c1-2-9-23-20-21(27-30(23)22-11-4-3-5-12-22)10-6-7-15-28-16-18-29(19-17-28)24-25-13-8-14-26-24/h3-5,8,11-14,20H,2,6-7,9-10,15-19H2,1H3. The Balaban J connectivity index is 1.23. The molecule has 1 saturated heterocycles. The maximum absolute atomic E-state index is 4.91. The molecule has 0 saturated carbocycles. The Morgan fingerprint density at radius 3 is 2.37 bits per heavy atom. The van der Waals surface area contributed by atoms with Gasteiger partial charge in [0.1, 0.15) is 0 Å². The highest BCUT2D eigenvalue weighted by Crippen LogP contribution is 2.16. The van der Waals surface area contributed by atoms with Gasteiger partial charge in [0.2, 0.25) is 5.95 Å². The van der Waals surface area contributed by atoms with Crippen LogP contribution in [0.15, 0.2) is 54.9 Å². The van der Waals surface area contributed by atoms with Crippen LogP contribution in [-0.2, 0) is 12.8 Å². The number of hydrogen-bond donors (Lipinski definition) is 0. The fourth-order valence-corrected chi connectivity index (χ4v) is 4.09. The van der Waals surface area contributed by atoms with Gasteiger partial charge in [0.25, 0.3) is 0 Å². The van der Waals surface area contributed by atoms with E-state index in [0.29, 0.717) is 0 Å². The zero-order valence-corrected chi connectivity index (χ0v) is 18.0. The van der Waals surface area contributed by atoms with Gasteiger partial charge in [-0.3, -0.25) is 4.90 Å². The maximum Gasteiger partial charge on any atom is 0.225 e. The van der Waals surface area contributed by atoms with Crippen molar-refractivity contribution in [3.8, 4) is 5.69 Å². The summed E-state index contributed by atoms with van der Waals surface area (Å²) in [5.41, 5.74) is 3.69. The van der Waals surface area contributed by atoms with E-state index in [-0.39, 0.29) is 0 Å². The molecule has 1 aromatic carbocycles. The van der Waals surface area contributed by atoms with Crippen LogP contribution in [0.3, 0.4) is 0 Å². The summed E-state index contributed by atoms with van der Waals surface area (Å²) in [5, 5.41) is 4.91. The van der Waals surface area contributed by atoms with Crippen LogP contribution in [0.2, 0.25) is 0 Å². The summed E-state index contributed by atoms with van der Waals surface area (Å²) in [4.78, 5) is 13.6. The van der Waals surface area contributed by atoms with Crippen LogP contribution < -0.4 is 4.90 Å². The van der Waals surface area contributed by atoms with Crippen molar-refractivity contribution in [2.75, 3.05) is 37.6 Å². The summed E-state index contributed by atoms with van der Waals surface area (Å²) < 4.78 is 2.13. The van der Waals surface area contributed by atoms with Gasteiger partial charge in [-0.05, 0) is 56.5 Å². The van der Waals surface area contributed by atoms with Crippen LogP contribution in [0.1, 0.15) is 37.6 Å². The number of benzene rings is 1. The molecule has 1 aliphatic rings. The Labute approximate surface area is 179 Å². The molecule has 0 spiro atoms. The summed E-state index contributed by atoms with van der Waals surface area (Å²) in [7, 11) is 0. The third-order valence-electron chi connectivity index (χ3n) is 5.71. The minimum atomic E-state index is 0.856. The van der Waals surface area contributed by atoms with Crippen molar-refractivity contribution in [1.82, 2.24) is 24.6 Å². The van der Waals surface area contributed by atoms with Gasteiger partial charge >= 0.3 is 0 Å². The van der Waals surface area contributed by atoms with Crippen molar-refractivity contribution in [3.63, 3.8) is 0 Å². The fourth-order valence-electron chi connectivity index (χ4n) is 4.09. The average Bonchev–Trinajstić information content (AvgIpc) is 3.21. The van der Waals surface area contributed by atoms with Gasteiger partial charge in [-0.2, -0.15) is 5.10 Å². The van der Waals surface area contributed by atoms with E-state index < -0.39 is 0 Å². The highest BCUT2D eigenvalue weighted by Gasteiger charge is 2.18. The molecule has 0 radical (unpaired) electrons. The molecular formula is C24H32N6. The number of aryl methyl sites for hydroxylation is 2. The number of rotatable bonds is 9. The first-order valence-corrected chi connectivity index (χ1v) is 11.2. The summed E-state index contributed by atoms with van der Waals surface area (Å²) in [6.07, 6.45) is 9.28. The van der Waals surface area contributed by atoms with Crippen molar-refractivity contribution in [1.29, 1.82) is 0 Å². The molecule has 0 amide bonds. The molecule has 1 aliphatic heterocycles. The number of hydrogen-bond acceptors (Lipinski definition) is 5. The highest BCUT2D eigenvalue weighted by atomic mass is 15.3. The number of unbranched alkanes of at least 4 members (excludes halogenated alkanes) is 1. The molecule has 6 nitrogen and oxygen atoms in total. The van der Waals surface area contributed by atoms with E-state index in [0.717, 1.165) is 63.6 Å². The van der Waals surface area contributed by atoms with Gasteiger partial charge in [0.15, 0.2) is 0 Å². The molecule has 0 bridgehead atoms. The molecule has 4 rings (SSSR count). The zero-order chi connectivity index (χ0) is 20.6. The van der Waals surface area contributed by atoms with E-state index in [2.05, 4.69) is 67.8 Å². The first-order chi connectivity index (χ1) is 14.8. The fraction of sp³-hybridized carbons (Fsp3) is 0.458. The second kappa shape index (κ2) is 10.3. The lowest BCUT2D eigenvalue weighted by Gasteiger charge is -2.34. The van der Waals surface area contributed by atoms with E-state index in [1.807, 2.05) is 18.5 Å². The predicted molar refractivity (Wildman–Crippen MR) is 121 cm³/mol. The molecule has 2 aromatic heterocycles. The normalized spacial score (nSPS) is 14.9. The molecule has 3 heterocycles. The molecule has 0 atom stereocenters. The van der Waals surface area contributed by atoms with Crippen molar-refractivity contribution in [3.05, 3.63) is 66.2 Å². The van der Waals surface area contributed by atoms with Crippen molar-refractivity contribution in [2.45, 2.75) is 39.0 Å². The molecule has 6 heteroatoms. The lowest BCUT2D eigenvalue weighted by atomic mass is 10.1. The van der Waals surface area contributed by atoms with Gasteiger partial charge in [0.05, 0.1) is 11.4 Å². The number of nitrogens with zero attached hydrogens (tertiary/aromatic N) is 6. The first-order valence-electron chi connectivity index (χ1n) is 11.2. The van der Waals surface area contributed by atoms with E-state index >= 15 is 0 Å². The molecule has 0 N–H and O–H groups in total. The molecule has 0 aliphatic carbocycles. The summed E-state index contributed by atoms with van der Waals surface area (Å²) in [6, 6.07) is 14.7. The van der Waals surface area contributed by atoms with Crippen molar-refractivity contribution in [2.24, 2.45) is 0 Å². The average molecular weight is 405 g/mol. The Morgan fingerprint density at radius 2 is 1.63 bits per heavy atom. The van der Waals surface area contributed by atoms with Gasteiger partial charge in [-0.25, -0.2) is 14.6 Å². The van der Waals surface area contributed by atoms with Crippen LogP contribution in [0.4, 0.5) is 5.95 Å². The third-order valence-corrected chi connectivity index (χ3v) is 5.71. The van der Waals surface area contributed by atoms with E-state index in [1.54, 1.807) is 0 Å². The van der Waals surface area contributed by atoms with Gasteiger partial charge < -0.3 is 4.90 Å². The van der Waals surface area contributed by atoms with Crippen LogP contribution in [0, 0.1) is 0 Å². The predicted octanol–water partition coefficient (Wildman–Crippen LogP) is 3.76. The molecule has 0 unspecified atom stereocenters. The Kier molecular flexibility index (Phi) is 7.08. The molecule has 1 fully saturated rings. The summed E-state index contributed by atoms with van der Waals surface area (Å²) >= 11 is 0. The SMILES string of the molecule is CCCc1cc(CCCCN2CCN(c3ncccn3)CC2)nn1-c1ccccc1. The number of piperazine rings is 1. The number of anilines is 1. The molecule has 30 heavy (non-hydrogen) atoms. The van der Waals surface area contributed by atoms with E-state index in [1.165, 1.54) is 24.2 Å². The van der Waals surface area contributed by atoms with Gasteiger partial charge in [-0.15, -0.1) is 0 Å². The molecule has 3 aromatic rings.